The fourth-order valence-corrected chi connectivity index (χ4v) is 4.80. The Morgan fingerprint density at radius 2 is 2.00 bits per heavy atom. The number of benzene rings is 2. The molecule has 1 fully saturated rings. The molecule has 1 amide bonds. The lowest BCUT2D eigenvalue weighted by Gasteiger charge is -2.24. The lowest BCUT2D eigenvalue weighted by atomic mass is 10.2. The Labute approximate surface area is 174 Å². The quantitative estimate of drug-likeness (QED) is 0.679. The van der Waals surface area contributed by atoms with E-state index in [9.17, 15) is 13.2 Å². The minimum Gasteiger partial charge on any atom is -0.376 e. The fourth-order valence-electron chi connectivity index (χ4n) is 3.00. The van der Waals surface area contributed by atoms with Crippen LogP contribution in [0.25, 0.3) is 0 Å². The van der Waals surface area contributed by atoms with Crippen molar-refractivity contribution in [3.8, 4) is 0 Å². The predicted molar refractivity (Wildman–Crippen MR) is 112 cm³/mol. The summed E-state index contributed by atoms with van der Waals surface area (Å²) in [6.45, 7) is 2.67. The number of nitrogens with zero attached hydrogens (tertiary/aromatic N) is 1. The molecule has 28 heavy (non-hydrogen) atoms. The zero-order chi connectivity index (χ0) is 20.1. The Balaban J connectivity index is 1.84. The highest BCUT2D eigenvalue weighted by Crippen LogP contribution is 2.26. The molecule has 0 spiro atoms. The van der Waals surface area contributed by atoms with Gasteiger partial charge in [-0.1, -0.05) is 39.7 Å². The topological polar surface area (TPSA) is 75.7 Å². The Kier molecular flexibility index (Phi) is 6.74. The van der Waals surface area contributed by atoms with E-state index in [2.05, 4.69) is 21.2 Å². The second kappa shape index (κ2) is 9.07. The van der Waals surface area contributed by atoms with E-state index in [1.807, 2.05) is 6.92 Å². The van der Waals surface area contributed by atoms with Crippen LogP contribution in [-0.2, 0) is 19.6 Å². The van der Waals surface area contributed by atoms with Gasteiger partial charge in [0.15, 0.2) is 0 Å². The van der Waals surface area contributed by atoms with Gasteiger partial charge in [-0.3, -0.25) is 9.10 Å². The molecule has 0 saturated carbocycles. The number of carbonyl (C=O) groups excluding carboxylic acids is 1. The zero-order valence-corrected chi connectivity index (χ0v) is 18.0. The van der Waals surface area contributed by atoms with E-state index >= 15 is 0 Å². The third kappa shape index (κ3) is 5.12. The second-order valence-electron chi connectivity index (χ2n) is 6.74. The second-order valence-corrected chi connectivity index (χ2v) is 9.52. The number of amides is 1. The fraction of sp³-hybridized carbons (Fsp3) is 0.350. The summed E-state index contributed by atoms with van der Waals surface area (Å²) in [4.78, 5) is 12.7. The van der Waals surface area contributed by atoms with Crippen LogP contribution >= 0.6 is 15.9 Å². The lowest BCUT2D eigenvalue weighted by Crippen LogP contribution is -2.42. The van der Waals surface area contributed by atoms with Gasteiger partial charge in [0.2, 0.25) is 5.91 Å². The number of aryl methyl sites for hydroxylation is 1. The van der Waals surface area contributed by atoms with Crippen molar-refractivity contribution in [1.29, 1.82) is 0 Å². The number of halogens is 1. The maximum Gasteiger partial charge on any atom is 0.264 e. The highest BCUT2D eigenvalue weighted by molar-refractivity contribution is 9.10. The van der Waals surface area contributed by atoms with Gasteiger partial charge in [0.05, 0.1) is 16.7 Å². The summed E-state index contributed by atoms with van der Waals surface area (Å²) in [6.07, 6.45) is 1.88. The molecule has 0 radical (unpaired) electrons. The smallest absolute Gasteiger partial charge is 0.264 e. The molecule has 1 saturated heterocycles. The maximum atomic E-state index is 13.3. The Morgan fingerprint density at radius 1 is 1.25 bits per heavy atom. The first-order chi connectivity index (χ1) is 13.4. The van der Waals surface area contributed by atoms with Crippen LogP contribution in [0.2, 0.25) is 0 Å². The number of hydrogen-bond donors (Lipinski definition) is 1. The Bertz CT molecular complexity index is 925. The molecule has 0 aliphatic carbocycles. The molecule has 0 bridgehead atoms. The van der Waals surface area contributed by atoms with Crippen molar-refractivity contribution in [1.82, 2.24) is 5.32 Å². The molecule has 1 atom stereocenters. The number of hydrogen-bond acceptors (Lipinski definition) is 4. The van der Waals surface area contributed by atoms with Gasteiger partial charge in [0.25, 0.3) is 10.0 Å². The van der Waals surface area contributed by atoms with Crippen LogP contribution in [0.3, 0.4) is 0 Å². The van der Waals surface area contributed by atoms with Gasteiger partial charge >= 0.3 is 0 Å². The summed E-state index contributed by atoms with van der Waals surface area (Å²) in [5.74, 6) is -0.369. The number of ether oxygens (including phenoxy) is 1. The lowest BCUT2D eigenvalue weighted by molar-refractivity contribution is -0.120. The van der Waals surface area contributed by atoms with Gasteiger partial charge in [0, 0.05) is 17.6 Å². The number of anilines is 1. The van der Waals surface area contributed by atoms with E-state index in [4.69, 9.17) is 4.74 Å². The predicted octanol–water partition coefficient (Wildman–Crippen LogP) is 3.25. The van der Waals surface area contributed by atoms with Crippen LogP contribution in [0.5, 0.6) is 0 Å². The third-order valence-corrected chi connectivity index (χ3v) is 6.82. The summed E-state index contributed by atoms with van der Waals surface area (Å²) < 4.78 is 33.9. The highest BCUT2D eigenvalue weighted by Gasteiger charge is 2.27. The number of sulfonamides is 1. The average molecular weight is 467 g/mol. The van der Waals surface area contributed by atoms with Crippen LogP contribution in [0, 0.1) is 6.92 Å². The van der Waals surface area contributed by atoms with Gasteiger partial charge in [-0.15, -0.1) is 0 Å². The molecular formula is C20H23BrN2O4S. The van der Waals surface area contributed by atoms with E-state index < -0.39 is 10.0 Å². The first-order valence-electron chi connectivity index (χ1n) is 9.09. The SMILES string of the molecule is Cc1ccc(S(=O)(=O)N(CC(=O)NCC2CCCO2)c2cccc(Br)c2)cc1. The molecule has 1 N–H and O–H groups in total. The number of carbonyl (C=O) groups is 1. The summed E-state index contributed by atoms with van der Waals surface area (Å²) in [5, 5.41) is 2.79. The number of nitrogens with one attached hydrogen (secondary N) is 1. The highest BCUT2D eigenvalue weighted by atomic mass is 79.9. The molecule has 1 aliphatic rings. The first kappa shape index (κ1) is 20.8. The normalized spacial score (nSPS) is 16.7. The monoisotopic (exact) mass is 466 g/mol. The van der Waals surface area contributed by atoms with Gasteiger partial charge in [0.1, 0.15) is 6.54 Å². The van der Waals surface area contributed by atoms with Crippen LogP contribution in [0.1, 0.15) is 18.4 Å². The van der Waals surface area contributed by atoms with Crippen molar-refractivity contribution in [2.24, 2.45) is 0 Å². The van der Waals surface area contributed by atoms with Crippen molar-refractivity contribution in [2.45, 2.75) is 30.8 Å². The van der Waals surface area contributed by atoms with Gasteiger partial charge in [-0.25, -0.2) is 8.42 Å². The third-order valence-electron chi connectivity index (χ3n) is 4.54. The standard InChI is InChI=1S/C20H23BrN2O4S/c1-15-7-9-19(10-8-15)28(25,26)23(17-5-2-4-16(21)12-17)14-20(24)22-13-18-6-3-11-27-18/h2,4-5,7-10,12,18H,3,6,11,13-14H2,1H3,(H,22,24). The molecule has 1 unspecified atom stereocenters. The van der Waals surface area contributed by atoms with Crippen molar-refractivity contribution >= 4 is 37.5 Å². The van der Waals surface area contributed by atoms with Crippen LogP contribution in [0.15, 0.2) is 57.9 Å². The molecule has 0 aromatic heterocycles. The average Bonchev–Trinajstić information content (AvgIpc) is 3.18. The minimum absolute atomic E-state index is 0.00280. The molecule has 2 aromatic carbocycles. The summed E-state index contributed by atoms with van der Waals surface area (Å²) in [7, 11) is -3.90. The summed E-state index contributed by atoms with van der Waals surface area (Å²) >= 11 is 3.37. The molecule has 1 heterocycles. The van der Waals surface area contributed by atoms with E-state index in [1.54, 1.807) is 48.5 Å². The van der Waals surface area contributed by atoms with Crippen LogP contribution < -0.4 is 9.62 Å². The van der Waals surface area contributed by atoms with Gasteiger partial charge in [-0.2, -0.15) is 0 Å². The maximum absolute atomic E-state index is 13.3. The largest absolute Gasteiger partial charge is 0.376 e. The van der Waals surface area contributed by atoms with Crippen molar-refractivity contribution < 1.29 is 17.9 Å². The summed E-state index contributed by atoms with van der Waals surface area (Å²) in [5.41, 5.74) is 1.38. The van der Waals surface area contributed by atoms with E-state index in [0.29, 0.717) is 18.8 Å². The van der Waals surface area contributed by atoms with E-state index in [-0.39, 0.29) is 23.5 Å². The molecule has 6 nitrogen and oxygen atoms in total. The first-order valence-corrected chi connectivity index (χ1v) is 11.3. The molecule has 3 rings (SSSR count). The van der Waals surface area contributed by atoms with Crippen LogP contribution in [-0.4, -0.2) is 40.1 Å². The van der Waals surface area contributed by atoms with Gasteiger partial charge in [-0.05, 0) is 50.1 Å². The Morgan fingerprint density at radius 3 is 2.64 bits per heavy atom. The van der Waals surface area contributed by atoms with Crippen molar-refractivity contribution in [2.75, 3.05) is 24.0 Å². The van der Waals surface area contributed by atoms with Gasteiger partial charge < -0.3 is 10.1 Å². The molecule has 1 aliphatic heterocycles. The molecule has 150 valence electrons. The number of rotatable bonds is 7. The molecule has 8 heteroatoms. The van der Waals surface area contributed by atoms with Crippen molar-refractivity contribution in [3.05, 3.63) is 58.6 Å². The van der Waals surface area contributed by atoms with E-state index in [0.717, 1.165) is 27.2 Å². The Hall–Kier alpha value is -1.90. The van der Waals surface area contributed by atoms with Crippen LogP contribution in [0.4, 0.5) is 5.69 Å². The minimum atomic E-state index is -3.90. The summed E-state index contributed by atoms with van der Waals surface area (Å²) in [6, 6.07) is 13.5. The molecular weight excluding hydrogens is 444 g/mol. The van der Waals surface area contributed by atoms with E-state index in [1.165, 1.54) is 0 Å². The molecule has 2 aromatic rings. The zero-order valence-electron chi connectivity index (χ0n) is 15.6. The van der Waals surface area contributed by atoms with Crippen molar-refractivity contribution in [3.63, 3.8) is 0 Å².